The summed E-state index contributed by atoms with van der Waals surface area (Å²) in [6, 6.07) is 9.34. The number of carbonyl (C=O) groups is 2. The molecule has 0 aliphatic rings. The van der Waals surface area contributed by atoms with Gasteiger partial charge in [-0.05, 0) is 47.5 Å². The van der Waals surface area contributed by atoms with E-state index in [1.807, 2.05) is 0 Å². The van der Waals surface area contributed by atoms with E-state index in [1.54, 1.807) is 36.4 Å². The Morgan fingerprint density at radius 2 is 1.17 bits per heavy atom. The minimum atomic E-state index is -0.347. The molecule has 9 heteroatoms. The number of hydrogen-bond donors (Lipinski definition) is 2. The summed E-state index contributed by atoms with van der Waals surface area (Å²) in [6.45, 7) is 0. The summed E-state index contributed by atoms with van der Waals surface area (Å²) < 4.78 is 10.00. The number of phenolic OH excluding ortho intramolecular Hbond substituents is 2. The van der Waals surface area contributed by atoms with E-state index in [9.17, 15) is 19.8 Å². The number of hydrogen-bond acceptors (Lipinski definition) is 6. The molecular weight excluding hydrogens is 397 g/mol. The summed E-state index contributed by atoms with van der Waals surface area (Å²) in [4.78, 5) is 23.9. The second-order valence-corrected chi connectivity index (χ2v) is 5.64. The fourth-order valence-electron chi connectivity index (χ4n) is 2.26. The SMILES string of the molecule is COc1cc(/C=C/C(=O)CC(=O)/C=C/c2ccc(O)c(OC)c2)ccc1O.F.F.[B]. The molecule has 2 N–H and O–H groups in total. The molecule has 2 rings (SSSR count). The van der Waals surface area contributed by atoms with Crippen molar-refractivity contribution in [2.24, 2.45) is 0 Å². The van der Waals surface area contributed by atoms with Crippen LogP contribution in [0.15, 0.2) is 48.6 Å². The van der Waals surface area contributed by atoms with Gasteiger partial charge in [-0.2, -0.15) is 0 Å². The highest BCUT2D eigenvalue weighted by molar-refractivity contribution is 6.10. The molecule has 2 aromatic rings. The molecule has 0 saturated carbocycles. The first-order chi connectivity index (χ1) is 12.9. The molecule has 0 saturated heterocycles. The number of methoxy groups -OCH3 is 2. The number of carbonyl (C=O) groups excluding carboxylic acids is 2. The quantitative estimate of drug-likeness (QED) is 0.388. The van der Waals surface area contributed by atoms with Gasteiger partial charge in [-0.1, -0.05) is 24.3 Å². The monoisotopic (exact) mass is 419 g/mol. The van der Waals surface area contributed by atoms with E-state index in [2.05, 4.69) is 0 Å². The number of halogens is 2. The van der Waals surface area contributed by atoms with Gasteiger partial charge in [0.05, 0.1) is 20.6 Å². The lowest BCUT2D eigenvalue weighted by molar-refractivity contribution is -0.121. The number of ketones is 2. The molecule has 0 bridgehead atoms. The summed E-state index contributed by atoms with van der Waals surface area (Å²) in [5.41, 5.74) is 1.33. The Bertz CT molecular complexity index is 839. The van der Waals surface area contributed by atoms with E-state index in [1.165, 1.54) is 38.5 Å². The minimum absolute atomic E-state index is 0. The summed E-state index contributed by atoms with van der Waals surface area (Å²) in [5.74, 6) is -0.0832. The molecule has 0 aromatic heterocycles. The van der Waals surface area contributed by atoms with Crippen molar-refractivity contribution in [1.82, 2.24) is 0 Å². The highest BCUT2D eigenvalue weighted by Crippen LogP contribution is 2.27. The van der Waals surface area contributed by atoms with Crippen LogP contribution in [0.2, 0.25) is 0 Å². The average Bonchev–Trinajstić information content (AvgIpc) is 2.66. The predicted molar refractivity (Wildman–Crippen MR) is 113 cm³/mol. The van der Waals surface area contributed by atoms with Gasteiger partial charge in [-0.25, -0.2) is 0 Å². The standard InChI is InChI=1S/C21H20O6.B.2FH/c1-26-20-11-14(5-9-18(20)24)3-7-16(22)13-17(23)8-4-15-6-10-19(25)21(12-15)27-2;;;/h3-12,24-25H,13H2,1-2H3;;2*1H/b7-3+,8-4+;;;. The lowest BCUT2D eigenvalue weighted by Crippen LogP contribution is -2.01. The van der Waals surface area contributed by atoms with Crippen molar-refractivity contribution >= 4 is 32.1 Å². The summed E-state index contributed by atoms with van der Waals surface area (Å²) in [6.07, 6.45) is 5.44. The molecule has 3 radical (unpaired) electrons. The van der Waals surface area contributed by atoms with Crippen LogP contribution >= 0.6 is 0 Å². The largest absolute Gasteiger partial charge is 0.504 e. The first-order valence-electron chi connectivity index (χ1n) is 8.08. The highest BCUT2D eigenvalue weighted by Gasteiger charge is 2.06. The van der Waals surface area contributed by atoms with Crippen molar-refractivity contribution in [3.63, 3.8) is 0 Å². The third-order valence-electron chi connectivity index (χ3n) is 3.68. The second-order valence-electron chi connectivity index (χ2n) is 5.64. The maximum Gasteiger partial charge on any atom is 0.163 e. The van der Waals surface area contributed by atoms with Crippen molar-refractivity contribution in [2.75, 3.05) is 14.2 Å². The molecule has 2 aromatic carbocycles. The van der Waals surface area contributed by atoms with Crippen molar-refractivity contribution in [2.45, 2.75) is 6.42 Å². The van der Waals surface area contributed by atoms with Gasteiger partial charge in [-0.3, -0.25) is 19.0 Å². The molecule has 0 aliphatic heterocycles. The maximum atomic E-state index is 11.9. The van der Waals surface area contributed by atoms with Crippen LogP contribution in [0.5, 0.6) is 23.0 Å². The number of rotatable bonds is 8. The number of phenols is 2. The minimum Gasteiger partial charge on any atom is -0.504 e. The molecule has 0 fully saturated rings. The maximum absolute atomic E-state index is 11.9. The molecule has 159 valence electrons. The Labute approximate surface area is 174 Å². The topological polar surface area (TPSA) is 93.1 Å². The summed E-state index contributed by atoms with van der Waals surface area (Å²) >= 11 is 0. The normalized spacial score (nSPS) is 9.93. The Morgan fingerprint density at radius 1 is 0.800 bits per heavy atom. The number of benzene rings is 2. The van der Waals surface area contributed by atoms with E-state index >= 15 is 0 Å². The van der Waals surface area contributed by atoms with E-state index in [4.69, 9.17) is 9.47 Å². The smallest absolute Gasteiger partial charge is 0.163 e. The number of aromatic hydroxyl groups is 2. The van der Waals surface area contributed by atoms with Crippen molar-refractivity contribution in [3.8, 4) is 23.0 Å². The van der Waals surface area contributed by atoms with Crippen LogP contribution < -0.4 is 9.47 Å². The van der Waals surface area contributed by atoms with Crippen LogP contribution in [-0.2, 0) is 9.59 Å². The van der Waals surface area contributed by atoms with E-state index < -0.39 is 0 Å². The van der Waals surface area contributed by atoms with Crippen LogP contribution in [0.3, 0.4) is 0 Å². The zero-order chi connectivity index (χ0) is 19.8. The first kappa shape index (κ1) is 28.6. The van der Waals surface area contributed by atoms with E-state index in [-0.39, 0.29) is 47.3 Å². The predicted octanol–water partition coefficient (Wildman–Crippen LogP) is 3.29. The van der Waals surface area contributed by atoms with Crippen LogP contribution in [0.1, 0.15) is 17.5 Å². The van der Waals surface area contributed by atoms with Gasteiger partial charge in [0, 0.05) is 8.41 Å². The number of ether oxygens (including phenoxy) is 2. The average molecular weight is 419 g/mol. The van der Waals surface area contributed by atoms with E-state index in [0.717, 1.165) is 0 Å². The molecule has 0 unspecified atom stereocenters. The van der Waals surface area contributed by atoms with Crippen LogP contribution in [0, 0.1) is 0 Å². The fourth-order valence-corrected chi connectivity index (χ4v) is 2.26. The molecule has 0 spiro atoms. The van der Waals surface area contributed by atoms with Gasteiger partial charge >= 0.3 is 0 Å². The highest BCUT2D eigenvalue weighted by atomic mass is 19.0. The fraction of sp³-hybridized carbons (Fsp3) is 0.143. The van der Waals surface area contributed by atoms with Crippen molar-refractivity contribution < 1.29 is 38.7 Å². The molecule has 30 heavy (non-hydrogen) atoms. The lowest BCUT2D eigenvalue weighted by Gasteiger charge is -2.03. The molecular formula is C21H22BF2O6. The van der Waals surface area contributed by atoms with Crippen LogP contribution in [0.25, 0.3) is 12.2 Å². The van der Waals surface area contributed by atoms with Gasteiger partial charge < -0.3 is 19.7 Å². The van der Waals surface area contributed by atoms with Gasteiger partial charge in [0.25, 0.3) is 0 Å². The third kappa shape index (κ3) is 8.18. The second kappa shape index (κ2) is 13.5. The van der Waals surface area contributed by atoms with Gasteiger partial charge in [0.2, 0.25) is 0 Å². The number of allylic oxidation sites excluding steroid dienone is 2. The molecule has 0 atom stereocenters. The van der Waals surface area contributed by atoms with Crippen molar-refractivity contribution in [3.05, 3.63) is 59.7 Å². The van der Waals surface area contributed by atoms with E-state index in [0.29, 0.717) is 22.6 Å². The third-order valence-corrected chi connectivity index (χ3v) is 3.68. The Hall–Kier alpha value is -3.62. The molecule has 0 heterocycles. The Balaban J connectivity index is 0. The Kier molecular flexibility index (Phi) is 12.9. The zero-order valence-electron chi connectivity index (χ0n) is 16.4. The molecule has 6 nitrogen and oxygen atoms in total. The lowest BCUT2D eigenvalue weighted by atomic mass is 10.1. The first-order valence-corrected chi connectivity index (χ1v) is 8.08. The van der Waals surface area contributed by atoms with Gasteiger partial charge in [-0.15, -0.1) is 0 Å². The summed E-state index contributed by atoms with van der Waals surface area (Å²) in [5, 5.41) is 19.1. The zero-order valence-corrected chi connectivity index (χ0v) is 16.4. The van der Waals surface area contributed by atoms with Gasteiger partial charge in [0.15, 0.2) is 34.6 Å². The van der Waals surface area contributed by atoms with Crippen molar-refractivity contribution in [1.29, 1.82) is 0 Å². The van der Waals surface area contributed by atoms with Crippen LogP contribution in [-0.4, -0.2) is 44.4 Å². The van der Waals surface area contributed by atoms with Crippen LogP contribution in [0.4, 0.5) is 9.41 Å². The molecule has 0 amide bonds. The van der Waals surface area contributed by atoms with Gasteiger partial charge in [0.1, 0.15) is 0 Å². The summed E-state index contributed by atoms with van der Waals surface area (Å²) in [7, 11) is 2.87. The molecule has 0 aliphatic carbocycles. The Morgan fingerprint density at radius 3 is 1.50 bits per heavy atom.